The van der Waals surface area contributed by atoms with E-state index in [0.717, 1.165) is 24.0 Å². The lowest BCUT2D eigenvalue weighted by molar-refractivity contribution is 0.0867. The maximum absolute atomic E-state index is 12.5. The second-order valence-electron chi connectivity index (χ2n) is 5.65. The molecule has 1 heteroatoms. The summed E-state index contributed by atoms with van der Waals surface area (Å²) in [6.07, 6.45) is 4.65. The predicted octanol–water partition coefficient (Wildman–Crippen LogP) is 4.31. The van der Waals surface area contributed by atoms with Crippen molar-refractivity contribution in [1.29, 1.82) is 0 Å². The summed E-state index contributed by atoms with van der Waals surface area (Å²) in [7, 11) is 0. The predicted molar refractivity (Wildman–Crippen MR) is 71.4 cm³/mol. The summed E-state index contributed by atoms with van der Waals surface area (Å²) in [6.45, 7) is 6.39. The quantitative estimate of drug-likeness (QED) is 0.692. The first-order chi connectivity index (χ1) is 8.08. The summed E-state index contributed by atoms with van der Waals surface area (Å²) < 4.78 is 0. The molecule has 17 heavy (non-hydrogen) atoms. The Kier molecular flexibility index (Phi) is 3.66. The number of carbonyl (C=O) groups excluding carboxylic acids is 1. The van der Waals surface area contributed by atoms with E-state index >= 15 is 0 Å². The van der Waals surface area contributed by atoms with Crippen molar-refractivity contribution >= 4 is 5.78 Å². The molecule has 1 saturated carbocycles. The molecular formula is C16H22O. The molecule has 1 aliphatic carbocycles. The van der Waals surface area contributed by atoms with Gasteiger partial charge in [0.25, 0.3) is 0 Å². The average Bonchev–Trinajstić information content (AvgIpc) is 2.28. The van der Waals surface area contributed by atoms with Crippen molar-refractivity contribution < 1.29 is 4.79 Å². The van der Waals surface area contributed by atoms with E-state index in [2.05, 4.69) is 19.9 Å². The molecule has 0 N–H and O–H groups in total. The molecular weight excluding hydrogens is 208 g/mol. The van der Waals surface area contributed by atoms with Gasteiger partial charge in [0.2, 0.25) is 0 Å². The van der Waals surface area contributed by atoms with E-state index < -0.39 is 0 Å². The van der Waals surface area contributed by atoms with E-state index in [1.165, 1.54) is 18.4 Å². The number of benzene rings is 1. The zero-order valence-electron chi connectivity index (χ0n) is 11.1. The van der Waals surface area contributed by atoms with Crippen LogP contribution < -0.4 is 0 Å². The lowest BCUT2D eigenvalue weighted by Crippen LogP contribution is -2.22. The van der Waals surface area contributed by atoms with Crippen LogP contribution in [-0.4, -0.2) is 5.78 Å². The highest BCUT2D eigenvalue weighted by Gasteiger charge is 2.26. The van der Waals surface area contributed by atoms with Crippen molar-refractivity contribution in [1.82, 2.24) is 0 Å². The van der Waals surface area contributed by atoms with Gasteiger partial charge in [-0.2, -0.15) is 0 Å². The molecule has 92 valence electrons. The van der Waals surface area contributed by atoms with Crippen molar-refractivity contribution in [2.75, 3.05) is 0 Å². The Labute approximate surface area is 104 Å². The van der Waals surface area contributed by atoms with Gasteiger partial charge in [0.05, 0.1) is 0 Å². The summed E-state index contributed by atoms with van der Waals surface area (Å²) in [6, 6.07) is 6.16. The van der Waals surface area contributed by atoms with Gasteiger partial charge >= 0.3 is 0 Å². The average molecular weight is 230 g/mol. The number of Topliss-reactive ketones (excluding diaryl/α,β-unsaturated/α-hetero) is 1. The SMILES string of the molecule is Cc1ccc(C(=O)C2CCCC(C)C2)c(C)c1. The van der Waals surface area contributed by atoms with Crippen LogP contribution in [0.25, 0.3) is 0 Å². The molecule has 0 aromatic heterocycles. The summed E-state index contributed by atoms with van der Waals surface area (Å²) in [5, 5.41) is 0. The molecule has 1 aromatic rings. The van der Waals surface area contributed by atoms with E-state index in [1.807, 2.05) is 19.1 Å². The van der Waals surface area contributed by atoms with E-state index in [4.69, 9.17) is 0 Å². The third-order valence-corrected chi connectivity index (χ3v) is 3.95. The number of rotatable bonds is 2. The Balaban J connectivity index is 2.18. The summed E-state index contributed by atoms with van der Waals surface area (Å²) >= 11 is 0. The summed E-state index contributed by atoms with van der Waals surface area (Å²) in [5.41, 5.74) is 3.30. The van der Waals surface area contributed by atoms with Gasteiger partial charge < -0.3 is 0 Å². The van der Waals surface area contributed by atoms with Gasteiger partial charge in [0, 0.05) is 11.5 Å². The Hall–Kier alpha value is -1.11. The molecule has 0 saturated heterocycles. The highest BCUT2D eigenvalue weighted by atomic mass is 16.1. The lowest BCUT2D eigenvalue weighted by Gasteiger charge is -2.26. The monoisotopic (exact) mass is 230 g/mol. The zero-order valence-corrected chi connectivity index (χ0v) is 11.1. The van der Waals surface area contributed by atoms with E-state index in [1.54, 1.807) is 0 Å². The van der Waals surface area contributed by atoms with Gasteiger partial charge in [-0.05, 0) is 38.2 Å². The molecule has 1 fully saturated rings. The molecule has 0 amide bonds. The maximum atomic E-state index is 12.5. The van der Waals surface area contributed by atoms with Gasteiger partial charge in [0.15, 0.2) is 5.78 Å². The molecule has 2 atom stereocenters. The number of ketones is 1. The fourth-order valence-corrected chi connectivity index (χ4v) is 2.98. The fraction of sp³-hybridized carbons (Fsp3) is 0.562. The second kappa shape index (κ2) is 5.03. The first kappa shape index (κ1) is 12.3. The standard InChI is InChI=1S/C16H22O/c1-11-5-4-6-14(10-11)16(17)15-8-7-12(2)9-13(15)3/h7-9,11,14H,4-6,10H2,1-3H3. The lowest BCUT2D eigenvalue weighted by atomic mass is 9.78. The van der Waals surface area contributed by atoms with Gasteiger partial charge in [-0.3, -0.25) is 4.79 Å². The minimum Gasteiger partial charge on any atom is -0.294 e. The topological polar surface area (TPSA) is 17.1 Å². The smallest absolute Gasteiger partial charge is 0.166 e. The highest BCUT2D eigenvalue weighted by molar-refractivity contribution is 5.99. The van der Waals surface area contributed by atoms with Crippen LogP contribution >= 0.6 is 0 Å². The van der Waals surface area contributed by atoms with Gasteiger partial charge in [-0.15, -0.1) is 0 Å². The van der Waals surface area contributed by atoms with Crippen LogP contribution in [-0.2, 0) is 0 Å². The van der Waals surface area contributed by atoms with E-state index in [0.29, 0.717) is 11.7 Å². The normalized spacial score (nSPS) is 24.6. The Morgan fingerprint density at radius 1 is 1.24 bits per heavy atom. The first-order valence-electron chi connectivity index (χ1n) is 6.69. The van der Waals surface area contributed by atoms with Gasteiger partial charge in [0.1, 0.15) is 0 Å². The Bertz CT molecular complexity index is 420. The highest BCUT2D eigenvalue weighted by Crippen LogP contribution is 2.31. The molecule has 0 heterocycles. The molecule has 0 spiro atoms. The minimum atomic E-state index is 0.264. The van der Waals surface area contributed by atoms with Crippen LogP contribution in [0.4, 0.5) is 0 Å². The van der Waals surface area contributed by atoms with E-state index in [9.17, 15) is 4.79 Å². The summed E-state index contributed by atoms with van der Waals surface area (Å²) in [5.74, 6) is 1.35. The molecule has 0 aliphatic heterocycles. The van der Waals surface area contributed by atoms with Crippen molar-refractivity contribution in [3.63, 3.8) is 0 Å². The largest absolute Gasteiger partial charge is 0.294 e. The first-order valence-corrected chi connectivity index (χ1v) is 6.69. The molecule has 1 aromatic carbocycles. The molecule has 0 radical (unpaired) electrons. The number of hydrogen-bond donors (Lipinski definition) is 0. The maximum Gasteiger partial charge on any atom is 0.166 e. The molecule has 0 bridgehead atoms. The molecule has 1 nitrogen and oxygen atoms in total. The molecule has 1 aliphatic rings. The van der Waals surface area contributed by atoms with Crippen LogP contribution in [0.5, 0.6) is 0 Å². The van der Waals surface area contributed by atoms with Crippen LogP contribution in [0, 0.1) is 25.7 Å². The van der Waals surface area contributed by atoms with Gasteiger partial charge in [-0.1, -0.05) is 43.5 Å². The van der Waals surface area contributed by atoms with Crippen LogP contribution in [0.3, 0.4) is 0 Å². The van der Waals surface area contributed by atoms with Gasteiger partial charge in [-0.25, -0.2) is 0 Å². The number of aryl methyl sites for hydroxylation is 2. The zero-order chi connectivity index (χ0) is 12.4. The Morgan fingerprint density at radius 3 is 2.65 bits per heavy atom. The van der Waals surface area contributed by atoms with E-state index in [-0.39, 0.29) is 5.92 Å². The third kappa shape index (κ3) is 2.77. The number of carbonyl (C=O) groups is 1. The summed E-state index contributed by atoms with van der Waals surface area (Å²) in [4.78, 5) is 12.5. The van der Waals surface area contributed by atoms with Crippen LogP contribution in [0.2, 0.25) is 0 Å². The third-order valence-electron chi connectivity index (χ3n) is 3.95. The molecule has 2 unspecified atom stereocenters. The minimum absolute atomic E-state index is 0.264. The van der Waals surface area contributed by atoms with Crippen molar-refractivity contribution in [3.8, 4) is 0 Å². The van der Waals surface area contributed by atoms with Crippen molar-refractivity contribution in [2.45, 2.75) is 46.5 Å². The van der Waals surface area contributed by atoms with Crippen molar-refractivity contribution in [3.05, 3.63) is 34.9 Å². The van der Waals surface area contributed by atoms with Crippen LogP contribution in [0.1, 0.15) is 54.1 Å². The molecule has 2 rings (SSSR count). The second-order valence-corrected chi connectivity index (χ2v) is 5.65. The van der Waals surface area contributed by atoms with Crippen LogP contribution in [0.15, 0.2) is 18.2 Å². The van der Waals surface area contributed by atoms with Crippen molar-refractivity contribution in [2.24, 2.45) is 11.8 Å². The fourth-order valence-electron chi connectivity index (χ4n) is 2.98. The number of hydrogen-bond acceptors (Lipinski definition) is 1. The Morgan fingerprint density at radius 2 is 2.00 bits per heavy atom.